The number of aromatic nitrogens is 3. The fourth-order valence-electron chi connectivity index (χ4n) is 3.66. The molecule has 0 fully saturated rings. The Balaban J connectivity index is 1.55. The molecule has 4 aromatic rings. The fourth-order valence-corrected chi connectivity index (χ4v) is 4.75. The average Bonchev–Trinajstić information content (AvgIpc) is 3.28. The van der Waals surface area contributed by atoms with Crippen LogP contribution < -0.4 is 0 Å². The highest BCUT2D eigenvalue weighted by Crippen LogP contribution is 2.26. The van der Waals surface area contributed by atoms with Gasteiger partial charge in [0, 0.05) is 6.42 Å². The Morgan fingerprint density at radius 1 is 0.871 bits per heavy atom. The second-order valence-electron chi connectivity index (χ2n) is 7.74. The lowest BCUT2D eigenvalue weighted by atomic mass is 9.89. The molecule has 0 aliphatic carbocycles. The van der Waals surface area contributed by atoms with Crippen LogP contribution in [0.5, 0.6) is 0 Å². The molecule has 1 unspecified atom stereocenters. The highest BCUT2D eigenvalue weighted by atomic mass is 32.2. The molecule has 0 amide bonds. The van der Waals surface area contributed by atoms with E-state index in [2.05, 4.69) is 34.6 Å². The Kier molecular flexibility index (Phi) is 6.28. The minimum Gasteiger partial charge on any atom is -0.199 e. The van der Waals surface area contributed by atoms with E-state index in [1.54, 1.807) is 24.3 Å². The van der Waals surface area contributed by atoms with E-state index in [1.807, 2.05) is 43.3 Å². The lowest BCUT2D eigenvalue weighted by Gasteiger charge is -2.16. The molecule has 4 rings (SSSR count). The molecule has 0 saturated carbocycles. The van der Waals surface area contributed by atoms with E-state index < -0.39 is 10.0 Å². The molecule has 31 heavy (non-hydrogen) atoms. The van der Waals surface area contributed by atoms with Gasteiger partial charge in [0.05, 0.1) is 16.8 Å². The van der Waals surface area contributed by atoms with Crippen molar-refractivity contribution in [3.05, 3.63) is 114 Å². The zero-order chi connectivity index (χ0) is 21.7. The summed E-state index contributed by atoms with van der Waals surface area (Å²) in [6.45, 7) is 1.92. The molecule has 6 heteroatoms. The number of benzene rings is 3. The molecule has 1 aromatic heterocycles. The topological polar surface area (TPSA) is 64.8 Å². The SMILES string of the molecule is Cc1ccc(S(=O)(=O)n2cc(CC(CCc3ccccc3)c3ccccc3)nn2)cc1. The van der Waals surface area contributed by atoms with Crippen LogP contribution in [0, 0.1) is 6.92 Å². The molecule has 0 aliphatic rings. The van der Waals surface area contributed by atoms with Crippen LogP contribution in [0.25, 0.3) is 0 Å². The van der Waals surface area contributed by atoms with Gasteiger partial charge in [-0.2, -0.15) is 8.42 Å². The van der Waals surface area contributed by atoms with Gasteiger partial charge < -0.3 is 0 Å². The van der Waals surface area contributed by atoms with Gasteiger partial charge in [-0.3, -0.25) is 0 Å². The van der Waals surface area contributed by atoms with Crippen molar-refractivity contribution in [2.24, 2.45) is 0 Å². The molecule has 0 spiro atoms. The summed E-state index contributed by atoms with van der Waals surface area (Å²) >= 11 is 0. The van der Waals surface area contributed by atoms with Crippen molar-refractivity contribution in [3.8, 4) is 0 Å². The van der Waals surface area contributed by atoms with E-state index in [0.717, 1.165) is 22.5 Å². The molecule has 0 N–H and O–H groups in total. The maximum Gasteiger partial charge on any atom is 0.284 e. The van der Waals surface area contributed by atoms with E-state index >= 15 is 0 Å². The molecule has 1 atom stereocenters. The molecule has 1 heterocycles. The summed E-state index contributed by atoms with van der Waals surface area (Å²) in [5.74, 6) is 0.216. The van der Waals surface area contributed by atoms with Crippen molar-refractivity contribution in [1.29, 1.82) is 0 Å². The Labute approximate surface area is 183 Å². The van der Waals surface area contributed by atoms with E-state index in [9.17, 15) is 8.42 Å². The highest BCUT2D eigenvalue weighted by Gasteiger charge is 2.21. The number of aryl methyl sites for hydroxylation is 2. The maximum absolute atomic E-state index is 12.9. The summed E-state index contributed by atoms with van der Waals surface area (Å²) in [4.78, 5) is 0.207. The summed E-state index contributed by atoms with van der Waals surface area (Å²) in [5.41, 5.74) is 4.17. The van der Waals surface area contributed by atoms with Gasteiger partial charge in [-0.25, -0.2) is 0 Å². The number of rotatable bonds is 8. The molecular weight excluding hydrogens is 406 g/mol. The first-order valence-electron chi connectivity index (χ1n) is 10.3. The predicted octanol–water partition coefficient (Wildman–Crippen LogP) is 4.78. The third kappa shape index (κ3) is 5.09. The number of nitrogens with zero attached hydrogens (tertiary/aromatic N) is 3. The quantitative estimate of drug-likeness (QED) is 0.403. The smallest absolute Gasteiger partial charge is 0.199 e. The molecule has 0 bridgehead atoms. The second-order valence-corrected chi connectivity index (χ2v) is 9.53. The summed E-state index contributed by atoms with van der Waals surface area (Å²) in [6.07, 6.45) is 4.04. The second kappa shape index (κ2) is 9.27. The van der Waals surface area contributed by atoms with E-state index in [-0.39, 0.29) is 10.8 Å². The van der Waals surface area contributed by atoms with Gasteiger partial charge in [0.1, 0.15) is 0 Å². The first-order chi connectivity index (χ1) is 15.0. The van der Waals surface area contributed by atoms with Gasteiger partial charge in [-0.05, 0) is 48.9 Å². The largest absolute Gasteiger partial charge is 0.284 e. The van der Waals surface area contributed by atoms with Crippen LogP contribution in [0.4, 0.5) is 0 Å². The summed E-state index contributed by atoms with van der Waals surface area (Å²) in [7, 11) is -3.75. The number of hydrogen-bond acceptors (Lipinski definition) is 4. The Morgan fingerprint density at radius 2 is 1.52 bits per heavy atom. The summed E-state index contributed by atoms with van der Waals surface area (Å²) in [6, 6.07) is 27.4. The van der Waals surface area contributed by atoms with Gasteiger partial charge >= 0.3 is 0 Å². The van der Waals surface area contributed by atoms with Crippen LogP contribution in [-0.4, -0.2) is 22.8 Å². The van der Waals surface area contributed by atoms with Crippen molar-refractivity contribution in [1.82, 2.24) is 14.4 Å². The van der Waals surface area contributed by atoms with Gasteiger partial charge in [-0.15, -0.1) is 9.19 Å². The van der Waals surface area contributed by atoms with Crippen molar-refractivity contribution in [2.45, 2.75) is 37.0 Å². The van der Waals surface area contributed by atoms with Crippen LogP contribution in [0.2, 0.25) is 0 Å². The summed E-state index contributed by atoms with van der Waals surface area (Å²) in [5, 5.41) is 8.11. The lowest BCUT2D eigenvalue weighted by Crippen LogP contribution is -2.13. The van der Waals surface area contributed by atoms with Crippen LogP contribution in [-0.2, 0) is 22.9 Å². The highest BCUT2D eigenvalue weighted by molar-refractivity contribution is 7.89. The van der Waals surface area contributed by atoms with E-state index in [0.29, 0.717) is 12.1 Å². The Bertz CT molecular complexity index is 1220. The summed E-state index contributed by atoms with van der Waals surface area (Å²) < 4.78 is 26.7. The Morgan fingerprint density at radius 3 is 2.19 bits per heavy atom. The number of hydrogen-bond donors (Lipinski definition) is 0. The van der Waals surface area contributed by atoms with Crippen LogP contribution in [0.15, 0.2) is 96.0 Å². The first kappa shape index (κ1) is 21.0. The van der Waals surface area contributed by atoms with Crippen LogP contribution in [0.3, 0.4) is 0 Å². The standard InChI is InChI=1S/C25H25N3O2S/c1-20-12-16-25(17-13-20)31(29,30)28-19-24(26-27-28)18-23(22-10-6-3-7-11-22)15-14-21-8-4-2-5-9-21/h2-13,16-17,19,23H,14-15,18H2,1H3. The average molecular weight is 432 g/mol. The van der Waals surface area contributed by atoms with Gasteiger partial charge in [0.25, 0.3) is 10.0 Å². The van der Waals surface area contributed by atoms with E-state index in [1.165, 1.54) is 17.3 Å². The minimum absolute atomic E-state index is 0.207. The molecule has 0 aliphatic heterocycles. The van der Waals surface area contributed by atoms with Crippen LogP contribution >= 0.6 is 0 Å². The monoisotopic (exact) mass is 431 g/mol. The molecule has 158 valence electrons. The van der Waals surface area contributed by atoms with Crippen LogP contribution in [0.1, 0.15) is 34.7 Å². The Hall–Kier alpha value is -3.25. The zero-order valence-electron chi connectivity index (χ0n) is 17.4. The third-order valence-corrected chi connectivity index (χ3v) is 6.98. The zero-order valence-corrected chi connectivity index (χ0v) is 18.2. The molecule has 5 nitrogen and oxygen atoms in total. The van der Waals surface area contributed by atoms with Crippen molar-refractivity contribution in [3.63, 3.8) is 0 Å². The maximum atomic E-state index is 12.9. The predicted molar refractivity (Wildman–Crippen MR) is 121 cm³/mol. The fraction of sp³-hybridized carbons (Fsp3) is 0.200. The van der Waals surface area contributed by atoms with Gasteiger partial charge in [-0.1, -0.05) is 83.6 Å². The van der Waals surface area contributed by atoms with Crippen molar-refractivity contribution < 1.29 is 8.42 Å². The molecule has 0 radical (unpaired) electrons. The first-order valence-corrected chi connectivity index (χ1v) is 11.8. The van der Waals surface area contributed by atoms with E-state index in [4.69, 9.17) is 0 Å². The van der Waals surface area contributed by atoms with Gasteiger partial charge in [0.15, 0.2) is 0 Å². The lowest BCUT2D eigenvalue weighted by molar-refractivity contribution is 0.577. The van der Waals surface area contributed by atoms with Crippen molar-refractivity contribution >= 4 is 10.0 Å². The molecule has 3 aromatic carbocycles. The minimum atomic E-state index is -3.75. The normalized spacial score (nSPS) is 12.5. The van der Waals surface area contributed by atoms with Crippen molar-refractivity contribution in [2.75, 3.05) is 0 Å². The van der Waals surface area contributed by atoms with Gasteiger partial charge in [0.2, 0.25) is 0 Å². The third-order valence-electron chi connectivity index (χ3n) is 5.44. The molecule has 0 saturated heterocycles. The molecular formula is C25H25N3O2S.